The predicted octanol–water partition coefficient (Wildman–Crippen LogP) is 1.91. The van der Waals surface area contributed by atoms with Crippen molar-refractivity contribution in [3.8, 4) is 5.75 Å². The molecule has 1 aliphatic heterocycles. The molecule has 1 fully saturated rings. The summed E-state index contributed by atoms with van der Waals surface area (Å²) >= 11 is 0. The Bertz CT molecular complexity index is 807. The van der Waals surface area contributed by atoms with Crippen LogP contribution in [0, 0.1) is 5.92 Å². The maximum Gasteiger partial charge on any atom is 0.387 e. The Kier molecular flexibility index (Phi) is 4.73. The van der Waals surface area contributed by atoms with Gasteiger partial charge in [-0.15, -0.1) is 0 Å². The van der Waals surface area contributed by atoms with Gasteiger partial charge >= 0.3 is 6.61 Å². The van der Waals surface area contributed by atoms with Crippen molar-refractivity contribution in [2.45, 2.75) is 32.4 Å². The van der Waals surface area contributed by atoms with E-state index >= 15 is 0 Å². The van der Waals surface area contributed by atoms with E-state index in [2.05, 4.69) is 15.0 Å². The van der Waals surface area contributed by atoms with Gasteiger partial charge in [0.05, 0.1) is 23.1 Å². The number of benzene rings is 1. The number of carbonyl (C=O) groups excluding carboxylic acids is 1. The molecule has 0 radical (unpaired) electrons. The summed E-state index contributed by atoms with van der Waals surface area (Å²) in [5, 5.41) is 3.13. The molecule has 1 aromatic heterocycles. The summed E-state index contributed by atoms with van der Waals surface area (Å²) in [6, 6.07) is 4.01. The minimum atomic E-state index is -2.93. The van der Waals surface area contributed by atoms with Crippen molar-refractivity contribution in [3.63, 3.8) is 0 Å². The molecule has 1 aliphatic rings. The zero-order chi connectivity index (χ0) is 17.1. The Hall–Kier alpha value is -2.51. The van der Waals surface area contributed by atoms with Crippen LogP contribution in [0.15, 0.2) is 29.3 Å². The van der Waals surface area contributed by atoms with Gasteiger partial charge in [0.15, 0.2) is 0 Å². The van der Waals surface area contributed by atoms with Gasteiger partial charge in [-0.3, -0.25) is 14.2 Å². The van der Waals surface area contributed by atoms with Gasteiger partial charge in [0.25, 0.3) is 5.56 Å². The SMILES string of the molecule is O=C1NCCCCC1Cn1cnc2cc(OC(F)F)ccc2c1=O. The number of nitrogens with zero attached hydrogens (tertiary/aromatic N) is 2. The molecule has 0 saturated carbocycles. The zero-order valence-electron chi connectivity index (χ0n) is 12.9. The highest BCUT2D eigenvalue weighted by Gasteiger charge is 2.22. The van der Waals surface area contributed by atoms with Crippen LogP contribution >= 0.6 is 0 Å². The first-order valence-electron chi connectivity index (χ1n) is 7.76. The summed E-state index contributed by atoms with van der Waals surface area (Å²) in [6.07, 6.45) is 3.92. The summed E-state index contributed by atoms with van der Waals surface area (Å²) in [5.41, 5.74) is -0.0274. The molecule has 0 aliphatic carbocycles. The minimum absolute atomic E-state index is 0.0507. The molecule has 8 heteroatoms. The smallest absolute Gasteiger partial charge is 0.387 e. The standard InChI is InChI=1S/C16H17F2N3O3/c17-16(18)24-11-4-5-12-13(7-11)20-9-21(15(12)23)8-10-3-1-2-6-19-14(10)22/h4-5,7,9-10,16H,1-3,6,8H2,(H,19,22). The van der Waals surface area contributed by atoms with Crippen LogP contribution in [0.3, 0.4) is 0 Å². The second kappa shape index (κ2) is 6.94. The van der Waals surface area contributed by atoms with Crippen LogP contribution in [0.5, 0.6) is 5.75 Å². The van der Waals surface area contributed by atoms with Crippen LogP contribution in [-0.2, 0) is 11.3 Å². The largest absolute Gasteiger partial charge is 0.435 e. The molecule has 0 spiro atoms. The lowest BCUT2D eigenvalue weighted by atomic mass is 10.0. The first-order chi connectivity index (χ1) is 11.5. The lowest BCUT2D eigenvalue weighted by Gasteiger charge is -2.15. The Morgan fingerprint density at radius 2 is 2.17 bits per heavy atom. The van der Waals surface area contributed by atoms with E-state index in [0.29, 0.717) is 11.9 Å². The van der Waals surface area contributed by atoms with Crippen LogP contribution in [-0.4, -0.2) is 28.6 Å². The highest BCUT2D eigenvalue weighted by atomic mass is 19.3. The van der Waals surface area contributed by atoms with E-state index in [4.69, 9.17) is 0 Å². The number of rotatable bonds is 4. The van der Waals surface area contributed by atoms with E-state index in [1.54, 1.807) is 0 Å². The summed E-state index contributed by atoms with van der Waals surface area (Å²) in [7, 11) is 0. The number of carbonyl (C=O) groups is 1. The fourth-order valence-electron chi connectivity index (χ4n) is 2.86. The highest BCUT2D eigenvalue weighted by Crippen LogP contribution is 2.19. The molecule has 1 atom stereocenters. The maximum atomic E-state index is 12.5. The number of aromatic nitrogens is 2. The van der Waals surface area contributed by atoms with Crippen molar-refractivity contribution < 1.29 is 18.3 Å². The molecule has 128 valence electrons. The normalized spacial score (nSPS) is 18.5. The van der Waals surface area contributed by atoms with E-state index in [1.165, 1.54) is 29.1 Å². The topological polar surface area (TPSA) is 73.2 Å². The number of nitrogens with one attached hydrogen (secondary N) is 1. The maximum absolute atomic E-state index is 12.5. The van der Waals surface area contributed by atoms with Crippen molar-refractivity contribution in [1.29, 1.82) is 0 Å². The van der Waals surface area contributed by atoms with Crippen LogP contribution in [0.1, 0.15) is 19.3 Å². The van der Waals surface area contributed by atoms with E-state index in [-0.39, 0.29) is 35.2 Å². The summed E-state index contributed by atoms with van der Waals surface area (Å²) < 4.78 is 30.2. The number of amides is 1. The van der Waals surface area contributed by atoms with Crippen LogP contribution in [0.4, 0.5) is 8.78 Å². The molecule has 1 N–H and O–H groups in total. The average molecular weight is 337 g/mol. The van der Waals surface area contributed by atoms with Crippen LogP contribution in [0.25, 0.3) is 10.9 Å². The number of alkyl halides is 2. The first kappa shape index (κ1) is 16.4. The van der Waals surface area contributed by atoms with Crippen molar-refractivity contribution in [3.05, 3.63) is 34.9 Å². The number of fused-ring (bicyclic) bond motifs is 1. The predicted molar refractivity (Wildman–Crippen MR) is 83.0 cm³/mol. The molecule has 24 heavy (non-hydrogen) atoms. The molecule has 1 aromatic carbocycles. The minimum Gasteiger partial charge on any atom is -0.435 e. The van der Waals surface area contributed by atoms with Crippen LogP contribution in [0.2, 0.25) is 0 Å². The van der Waals surface area contributed by atoms with Gasteiger partial charge in [0.1, 0.15) is 5.75 Å². The van der Waals surface area contributed by atoms with Crippen molar-refractivity contribution >= 4 is 16.8 Å². The molecule has 1 amide bonds. The molecular weight excluding hydrogens is 320 g/mol. The van der Waals surface area contributed by atoms with Gasteiger partial charge < -0.3 is 10.1 Å². The van der Waals surface area contributed by atoms with Gasteiger partial charge in [-0.25, -0.2) is 4.98 Å². The van der Waals surface area contributed by atoms with E-state index in [1.807, 2.05) is 0 Å². The molecule has 0 bridgehead atoms. The van der Waals surface area contributed by atoms with Gasteiger partial charge in [-0.2, -0.15) is 8.78 Å². The van der Waals surface area contributed by atoms with Gasteiger partial charge in [0, 0.05) is 19.2 Å². The van der Waals surface area contributed by atoms with Crippen molar-refractivity contribution in [2.75, 3.05) is 6.54 Å². The Labute approximate surface area is 136 Å². The zero-order valence-corrected chi connectivity index (χ0v) is 12.9. The molecule has 1 saturated heterocycles. The third kappa shape index (κ3) is 3.52. The Balaban J connectivity index is 1.88. The summed E-state index contributed by atoms with van der Waals surface area (Å²) in [4.78, 5) is 28.7. The summed E-state index contributed by atoms with van der Waals surface area (Å²) in [6.45, 7) is -2.02. The van der Waals surface area contributed by atoms with Gasteiger partial charge in [-0.05, 0) is 25.0 Å². The molecule has 2 aromatic rings. The molecule has 3 rings (SSSR count). The monoisotopic (exact) mass is 337 g/mol. The van der Waals surface area contributed by atoms with Crippen LogP contribution < -0.4 is 15.6 Å². The number of hydrogen-bond donors (Lipinski definition) is 1. The van der Waals surface area contributed by atoms with Gasteiger partial charge in [-0.1, -0.05) is 6.42 Å². The first-order valence-corrected chi connectivity index (χ1v) is 7.76. The number of ether oxygens (including phenoxy) is 1. The number of halogens is 2. The van der Waals surface area contributed by atoms with E-state index < -0.39 is 6.61 Å². The lowest BCUT2D eigenvalue weighted by molar-refractivity contribution is -0.125. The second-order valence-electron chi connectivity index (χ2n) is 5.74. The quantitative estimate of drug-likeness (QED) is 0.925. The van der Waals surface area contributed by atoms with Crippen molar-refractivity contribution in [1.82, 2.24) is 14.9 Å². The fraction of sp³-hybridized carbons (Fsp3) is 0.438. The Morgan fingerprint density at radius 1 is 1.33 bits per heavy atom. The molecule has 2 heterocycles. The van der Waals surface area contributed by atoms with E-state index in [0.717, 1.165) is 19.3 Å². The molecule has 1 unspecified atom stereocenters. The summed E-state index contributed by atoms with van der Waals surface area (Å²) in [5.74, 6) is -0.378. The molecule has 6 nitrogen and oxygen atoms in total. The lowest BCUT2D eigenvalue weighted by Crippen LogP contribution is -2.34. The van der Waals surface area contributed by atoms with E-state index in [9.17, 15) is 18.4 Å². The Morgan fingerprint density at radius 3 is 2.96 bits per heavy atom. The number of hydrogen-bond acceptors (Lipinski definition) is 4. The fourth-order valence-corrected chi connectivity index (χ4v) is 2.86. The second-order valence-corrected chi connectivity index (χ2v) is 5.74. The highest BCUT2D eigenvalue weighted by molar-refractivity contribution is 5.80. The van der Waals surface area contributed by atoms with Gasteiger partial charge in [0.2, 0.25) is 5.91 Å². The third-order valence-corrected chi connectivity index (χ3v) is 4.09. The third-order valence-electron chi connectivity index (χ3n) is 4.09. The average Bonchev–Trinajstić information content (AvgIpc) is 2.74. The van der Waals surface area contributed by atoms with Crippen molar-refractivity contribution in [2.24, 2.45) is 5.92 Å². The molecular formula is C16H17F2N3O3.